The number of aromatic hydroxyl groups is 1. The molecule has 0 amide bonds. The summed E-state index contributed by atoms with van der Waals surface area (Å²) in [4.78, 5) is 5.35. The molecule has 192 valence electrons. The van der Waals surface area contributed by atoms with E-state index in [-0.39, 0.29) is 21.7 Å². The van der Waals surface area contributed by atoms with Gasteiger partial charge in [0.1, 0.15) is 0 Å². The van der Waals surface area contributed by atoms with Gasteiger partial charge in [-0.3, -0.25) is 0 Å². The van der Waals surface area contributed by atoms with Crippen molar-refractivity contribution in [2.45, 2.75) is 55.5 Å². The Morgan fingerprint density at radius 3 is 2.62 bits per heavy atom. The molecule has 4 aromatic carbocycles. The Morgan fingerprint density at radius 1 is 0.872 bits per heavy atom. The SMILES string of the molecule is Cc1cc2c3c(c1)[Se]c1ccc(O)cc1B3c1ccc(N3C4=C(CCCC4)[Si](C)(C)c4ccccc43)cc1S2. The summed E-state index contributed by atoms with van der Waals surface area (Å²) in [7, 11) is -1.68. The fourth-order valence-corrected chi connectivity index (χ4v) is 14.9. The van der Waals surface area contributed by atoms with Gasteiger partial charge in [-0.1, -0.05) is 0 Å². The van der Waals surface area contributed by atoms with E-state index in [2.05, 4.69) is 85.6 Å². The Hall–Kier alpha value is -2.63. The molecule has 0 saturated carbocycles. The molecule has 3 aliphatic heterocycles. The first-order valence-corrected chi connectivity index (χ1v) is 19.5. The molecular weight excluding hydrogens is 576 g/mol. The number of phenols is 1. The molecule has 0 radical (unpaired) electrons. The van der Waals surface area contributed by atoms with Crippen LogP contribution in [-0.2, 0) is 0 Å². The van der Waals surface area contributed by atoms with Crippen molar-refractivity contribution >= 4 is 83.4 Å². The summed E-state index contributed by atoms with van der Waals surface area (Å²) in [6.45, 7) is 7.53. The number of anilines is 2. The predicted octanol–water partition coefficient (Wildman–Crippen LogP) is 4.08. The zero-order chi connectivity index (χ0) is 26.5. The Morgan fingerprint density at radius 2 is 1.72 bits per heavy atom. The van der Waals surface area contributed by atoms with Gasteiger partial charge >= 0.3 is 244 Å². The first kappa shape index (κ1) is 24.2. The summed E-state index contributed by atoms with van der Waals surface area (Å²) < 4.78 is 2.89. The topological polar surface area (TPSA) is 23.5 Å². The van der Waals surface area contributed by atoms with Crippen molar-refractivity contribution in [3.8, 4) is 5.75 Å². The molecule has 4 aromatic rings. The van der Waals surface area contributed by atoms with Crippen molar-refractivity contribution in [1.82, 2.24) is 0 Å². The molecule has 0 spiro atoms. The molecule has 0 bridgehead atoms. The summed E-state index contributed by atoms with van der Waals surface area (Å²) in [5.74, 6) is 0.367. The number of fused-ring (bicyclic) bond motifs is 5. The van der Waals surface area contributed by atoms with Gasteiger partial charge in [-0.2, -0.15) is 0 Å². The van der Waals surface area contributed by atoms with Crippen molar-refractivity contribution in [3.63, 3.8) is 0 Å². The predicted molar refractivity (Wildman–Crippen MR) is 171 cm³/mol. The maximum absolute atomic E-state index is 10.5. The summed E-state index contributed by atoms with van der Waals surface area (Å²) in [6, 6.07) is 27.2. The van der Waals surface area contributed by atoms with Gasteiger partial charge in [-0.15, -0.1) is 0 Å². The molecule has 8 rings (SSSR count). The third-order valence-electron chi connectivity index (χ3n) is 9.13. The van der Waals surface area contributed by atoms with E-state index in [4.69, 9.17) is 0 Å². The molecule has 3 heterocycles. The number of phenolic OH excluding ortho intramolecular Hbond substituents is 1. The van der Waals surface area contributed by atoms with Crippen LogP contribution in [0.15, 0.2) is 93.5 Å². The molecule has 4 aliphatic rings. The number of nitrogens with zero attached hydrogens (tertiary/aromatic N) is 1. The Kier molecular flexibility index (Phi) is 5.39. The molecule has 1 N–H and O–H groups in total. The summed E-state index contributed by atoms with van der Waals surface area (Å²) in [5, 5.41) is 13.8. The van der Waals surface area contributed by atoms with Gasteiger partial charge in [-0.25, -0.2) is 0 Å². The van der Waals surface area contributed by atoms with Crippen molar-refractivity contribution < 1.29 is 5.11 Å². The zero-order valence-corrected chi connectivity index (χ0v) is 26.1. The molecule has 0 fully saturated rings. The number of aryl methyl sites for hydroxylation is 1. The number of benzene rings is 4. The van der Waals surface area contributed by atoms with E-state index >= 15 is 0 Å². The van der Waals surface area contributed by atoms with Crippen LogP contribution in [0.25, 0.3) is 0 Å². The van der Waals surface area contributed by atoms with Gasteiger partial charge in [0.05, 0.1) is 0 Å². The standard InChI is InChI=1S/C33H30BNOSSeSi/c1-20-16-28-33-30(17-20)38-29-15-13-22(36)19-24(29)34(33)23-14-12-21(18-27(23)37-28)35-25-8-4-6-10-31(25)39(2,3)32-11-7-5-9-26(32)35/h4,6,8,10,12-19,36H,5,7,9,11H2,1-3H3. The van der Waals surface area contributed by atoms with Gasteiger partial charge in [0.15, 0.2) is 0 Å². The first-order chi connectivity index (χ1) is 18.9. The first-order valence-electron chi connectivity index (χ1n) is 14.0. The van der Waals surface area contributed by atoms with E-state index in [0.717, 1.165) is 0 Å². The average Bonchev–Trinajstić information content (AvgIpc) is 2.93. The zero-order valence-electron chi connectivity index (χ0n) is 22.5. The Bertz CT molecular complexity index is 1750. The van der Waals surface area contributed by atoms with Gasteiger partial charge in [0.2, 0.25) is 0 Å². The van der Waals surface area contributed by atoms with E-state index in [9.17, 15) is 5.11 Å². The van der Waals surface area contributed by atoms with E-state index in [1.165, 1.54) is 77.7 Å². The monoisotopic (exact) mass is 607 g/mol. The molecular formula is C33H30BNOSSeSi. The van der Waals surface area contributed by atoms with E-state index in [1.54, 1.807) is 16.1 Å². The van der Waals surface area contributed by atoms with Gasteiger partial charge < -0.3 is 0 Å². The molecule has 0 unspecified atom stereocenters. The van der Waals surface area contributed by atoms with Crippen molar-refractivity contribution in [1.29, 1.82) is 0 Å². The van der Waals surface area contributed by atoms with E-state index < -0.39 is 8.07 Å². The number of allylic oxidation sites excluding steroid dienone is 2. The van der Waals surface area contributed by atoms with Crippen LogP contribution in [0.4, 0.5) is 11.4 Å². The second kappa shape index (κ2) is 8.68. The van der Waals surface area contributed by atoms with E-state index in [0.29, 0.717) is 5.75 Å². The Labute approximate surface area is 242 Å². The average molecular weight is 607 g/mol. The molecule has 39 heavy (non-hydrogen) atoms. The van der Waals surface area contributed by atoms with Gasteiger partial charge in [0.25, 0.3) is 0 Å². The maximum atomic E-state index is 10.5. The fourth-order valence-electron chi connectivity index (χ4n) is 7.35. The molecule has 0 atom stereocenters. The molecule has 0 aromatic heterocycles. The van der Waals surface area contributed by atoms with Crippen LogP contribution >= 0.6 is 11.8 Å². The quantitative estimate of drug-likeness (QED) is 0.286. The number of rotatable bonds is 1. The number of para-hydroxylation sites is 1. The van der Waals surface area contributed by atoms with Crippen LogP contribution in [0.1, 0.15) is 31.2 Å². The summed E-state index contributed by atoms with van der Waals surface area (Å²) >= 11 is 2.20. The third kappa shape index (κ3) is 3.55. The number of hydrogen-bond acceptors (Lipinski definition) is 3. The summed E-state index contributed by atoms with van der Waals surface area (Å²) in [5.41, 5.74) is 9.73. The molecule has 2 nitrogen and oxygen atoms in total. The minimum atomic E-state index is -1.68. The minimum absolute atomic E-state index is 0.183. The second-order valence-electron chi connectivity index (χ2n) is 11.9. The van der Waals surface area contributed by atoms with Crippen LogP contribution in [0.3, 0.4) is 0 Å². The normalized spacial score (nSPS) is 18.1. The van der Waals surface area contributed by atoms with Crippen LogP contribution < -0.4 is 35.4 Å². The van der Waals surface area contributed by atoms with Crippen LogP contribution in [0.2, 0.25) is 13.1 Å². The fraction of sp³-hybridized carbons (Fsp3) is 0.212. The molecule has 6 heteroatoms. The third-order valence-corrected chi connectivity index (χ3v) is 16.5. The number of hydrogen-bond donors (Lipinski definition) is 1. The van der Waals surface area contributed by atoms with Crippen LogP contribution in [0, 0.1) is 6.92 Å². The van der Waals surface area contributed by atoms with Crippen molar-refractivity contribution in [2.75, 3.05) is 4.90 Å². The molecule has 1 aliphatic carbocycles. The summed E-state index contributed by atoms with van der Waals surface area (Å²) in [6.07, 6.45) is 5.02. The van der Waals surface area contributed by atoms with Crippen molar-refractivity contribution in [3.05, 3.63) is 89.3 Å². The van der Waals surface area contributed by atoms with Gasteiger partial charge in [-0.05, 0) is 0 Å². The van der Waals surface area contributed by atoms with E-state index in [1.807, 2.05) is 23.9 Å². The molecule has 0 saturated heterocycles. The van der Waals surface area contributed by atoms with Crippen molar-refractivity contribution in [2.24, 2.45) is 0 Å². The van der Waals surface area contributed by atoms with Crippen LogP contribution in [-0.4, -0.2) is 34.8 Å². The van der Waals surface area contributed by atoms with Crippen LogP contribution in [0.5, 0.6) is 5.75 Å². The second-order valence-corrected chi connectivity index (χ2v) is 19.6. The Balaban J connectivity index is 1.33. The van der Waals surface area contributed by atoms with Gasteiger partial charge in [0, 0.05) is 0 Å².